The van der Waals surface area contributed by atoms with Crippen LogP contribution in [0.25, 0.3) is 0 Å². The van der Waals surface area contributed by atoms with E-state index in [1.165, 1.54) is 0 Å². The van der Waals surface area contributed by atoms with Gasteiger partial charge in [0, 0.05) is 18.0 Å². The Morgan fingerprint density at radius 2 is 2.15 bits per heavy atom. The molecule has 0 saturated carbocycles. The zero-order valence-corrected chi connectivity index (χ0v) is 12.5. The Labute approximate surface area is 123 Å². The molecule has 0 aromatic carbocycles. The molecule has 2 heterocycles. The van der Waals surface area contributed by atoms with Crippen LogP contribution in [-0.2, 0) is 4.79 Å². The fraction of sp³-hybridized carbons (Fsp3) is 0.571. The van der Waals surface area contributed by atoms with Crippen LogP contribution in [0, 0.1) is 0 Å². The summed E-state index contributed by atoms with van der Waals surface area (Å²) in [4.78, 5) is 26.6. The predicted molar refractivity (Wildman–Crippen MR) is 79.7 cm³/mol. The lowest BCUT2D eigenvalue weighted by atomic mass is 10.2. The first kappa shape index (κ1) is 14.8. The second kappa shape index (κ2) is 7.28. The predicted octanol–water partition coefficient (Wildman–Crippen LogP) is 2.12. The van der Waals surface area contributed by atoms with Crippen molar-refractivity contribution in [2.24, 2.45) is 0 Å². The standard InChI is InChI=1S/C14H21N3O2S/c1-2-11(12-6-5-9-20-12)16-14(19)15-10-13(18)17-7-3-4-8-17/h5-6,9,11H,2-4,7-8,10H2,1H3,(H2,15,16,19). The number of thiophene rings is 1. The maximum atomic E-state index is 11.8. The van der Waals surface area contributed by atoms with E-state index in [9.17, 15) is 9.59 Å². The summed E-state index contributed by atoms with van der Waals surface area (Å²) < 4.78 is 0. The number of hydrogen-bond donors (Lipinski definition) is 2. The second-order valence-corrected chi connectivity index (χ2v) is 5.87. The molecule has 0 bridgehead atoms. The molecular formula is C14H21N3O2S. The Morgan fingerprint density at radius 3 is 2.75 bits per heavy atom. The first-order valence-corrected chi connectivity index (χ1v) is 7.94. The van der Waals surface area contributed by atoms with E-state index in [0.717, 1.165) is 37.2 Å². The van der Waals surface area contributed by atoms with Crippen molar-refractivity contribution in [1.29, 1.82) is 0 Å². The molecule has 110 valence electrons. The number of urea groups is 1. The minimum Gasteiger partial charge on any atom is -0.341 e. The van der Waals surface area contributed by atoms with Gasteiger partial charge in [-0.2, -0.15) is 0 Å². The summed E-state index contributed by atoms with van der Waals surface area (Å²) in [7, 11) is 0. The van der Waals surface area contributed by atoms with Crippen LogP contribution < -0.4 is 10.6 Å². The number of likely N-dealkylation sites (tertiary alicyclic amines) is 1. The highest BCUT2D eigenvalue weighted by atomic mass is 32.1. The normalized spacial score (nSPS) is 15.9. The molecule has 0 radical (unpaired) electrons. The van der Waals surface area contributed by atoms with E-state index in [0.29, 0.717) is 0 Å². The summed E-state index contributed by atoms with van der Waals surface area (Å²) in [6.45, 7) is 3.73. The molecule has 5 nitrogen and oxygen atoms in total. The summed E-state index contributed by atoms with van der Waals surface area (Å²) in [5, 5.41) is 7.55. The maximum Gasteiger partial charge on any atom is 0.315 e. The van der Waals surface area contributed by atoms with Gasteiger partial charge in [-0.1, -0.05) is 13.0 Å². The third-order valence-electron chi connectivity index (χ3n) is 3.46. The Balaban J connectivity index is 1.75. The molecule has 1 aliphatic heterocycles. The van der Waals surface area contributed by atoms with Gasteiger partial charge < -0.3 is 15.5 Å². The van der Waals surface area contributed by atoms with Crippen LogP contribution >= 0.6 is 11.3 Å². The van der Waals surface area contributed by atoms with Gasteiger partial charge in [0.05, 0.1) is 12.6 Å². The highest BCUT2D eigenvalue weighted by molar-refractivity contribution is 7.10. The molecule has 1 fully saturated rings. The van der Waals surface area contributed by atoms with Crippen LogP contribution in [0.3, 0.4) is 0 Å². The molecule has 0 aliphatic carbocycles. The number of carbonyl (C=O) groups is 2. The monoisotopic (exact) mass is 295 g/mol. The fourth-order valence-corrected chi connectivity index (χ4v) is 3.17. The Bertz CT molecular complexity index is 441. The molecule has 20 heavy (non-hydrogen) atoms. The Hall–Kier alpha value is -1.56. The van der Waals surface area contributed by atoms with Crippen LogP contribution in [0.1, 0.15) is 37.1 Å². The summed E-state index contributed by atoms with van der Waals surface area (Å²) in [5.74, 6) is 0.00169. The van der Waals surface area contributed by atoms with Crippen molar-refractivity contribution < 1.29 is 9.59 Å². The van der Waals surface area contributed by atoms with Crippen molar-refractivity contribution >= 4 is 23.3 Å². The molecule has 2 rings (SSSR count). The van der Waals surface area contributed by atoms with Gasteiger partial charge in [-0.15, -0.1) is 11.3 Å². The topological polar surface area (TPSA) is 61.4 Å². The zero-order chi connectivity index (χ0) is 14.4. The first-order chi connectivity index (χ1) is 9.70. The molecule has 6 heteroatoms. The van der Waals surface area contributed by atoms with E-state index in [-0.39, 0.29) is 24.5 Å². The van der Waals surface area contributed by atoms with Gasteiger partial charge in [-0.3, -0.25) is 4.79 Å². The number of hydrogen-bond acceptors (Lipinski definition) is 3. The average Bonchev–Trinajstić information content (AvgIpc) is 3.14. The van der Waals surface area contributed by atoms with E-state index >= 15 is 0 Å². The van der Waals surface area contributed by atoms with Crippen LogP contribution in [0.2, 0.25) is 0 Å². The summed E-state index contributed by atoms with van der Waals surface area (Å²) in [5.41, 5.74) is 0. The van der Waals surface area contributed by atoms with E-state index in [4.69, 9.17) is 0 Å². The highest BCUT2D eigenvalue weighted by Crippen LogP contribution is 2.21. The quantitative estimate of drug-likeness (QED) is 0.874. The maximum absolute atomic E-state index is 11.8. The highest BCUT2D eigenvalue weighted by Gasteiger charge is 2.19. The summed E-state index contributed by atoms with van der Waals surface area (Å²) in [6.07, 6.45) is 2.95. The van der Waals surface area contributed by atoms with Gasteiger partial charge in [0.15, 0.2) is 0 Å². The van der Waals surface area contributed by atoms with Crippen molar-refractivity contribution in [3.05, 3.63) is 22.4 Å². The Kier molecular flexibility index (Phi) is 5.40. The van der Waals surface area contributed by atoms with Gasteiger partial charge in [-0.25, -0.2) is 4.79 Å². The minimum absolute atomic E-state index is 0.00169. The molecule has 2 N–H and O–H groups in total. The van der Waals surface area contributed by atoms with Gasteiger partial charge in [-0.05, 0) is 30.7 Å². The van der Waals surface area contributed by atoms with Crippen LogP contribution in [0.4, 0.5) is 4.79 Å². The molecule has 1 aliphatic rings. The molecule has 3 amide bonds. The molecule has 1 aromatic rings. The van der Waals surface area contributed by atoms with E-state index in [2.05, 4.69) is 10.6 Å². The second-order valence-electron chi connectivity index (χ2n) is 4.89. The third kappa shape index (κ3) is 3.96. The summed E-state index contributed by atoms with van der Waals surface area (Å²) >= 11 is 1.62. The van der Waals surface area contributed by atoms with Crippen molar-refractivity contribution in [1.82, 2.24) is 15.5 Å². The van der Waals surface area contributed by atoms with Gasteiger partial charge >= 0.3 is 6.03 Å². The lowest BCUT2D eigenvalue weighted by Crippen LogP contribution is -2.43. The van der Waals surface area contributed by atoms with E-state index < -0.39 is 0 Å². The zero-order valence-electron chi connectivity index (χ0n) is 11.7. The van der Waals surface area contributed by atoms with Crippen LogP contribution in [0.15, 0.2) is 17.5 Å². The van der Waals surface area contributed by atoms with E-state index in [1.807, 2.05) is 24.4 Å². The van der Waals surface area contributed by atoms with Gasteiger partial charge in [0.25, 0.3) is 0 Å². The van der Waals surface area contributed by atoms with E-state index in [1.54, 1.807) is 16.2 Å². The lowest BCUT2D eigenvalue weighted by molar-refractivity contribution is -0.128. The number of nitrogens with zero attached hydrogens (tertiary/aromatic N) is 1. The van der Waals surface area contributed by atoms with Crippen molar-refractivity contribution in [3.63, 3.8) is 0 Å². The molecule has 1 atom stereocenters. The first-order valence-electron chi connectivity index (χ1n) is 7.06. The minimum atomic E-state index is -0.280. The fourth-order valence-electron chi connectivity index (χ4n) is 2.31. The smallest absolute Gasteiger partial charge is 0.315 e. The van der Waals surface area contributed by atoms with Crippen molar-refractivity contribution in [2.75, 3.05) is 19.6 Å². The summed E-state index contributed by atoms with van der Waals surface area (Å²) in [6, 6.07) is 3.71. The number of rotatable bonds is 5. The average molecular weight is 295 g/mol. The largest absolute Gasteiger partial charge is 0.341 e. The van der Waals surface area contributed by atoms with Crippen LogP contribution in [-0.4, -0.2) is 36.5 Å². The lowest BCUT2D eigenvalue weighted by Gasteiger charge is -2.18. The SMILES string of the molecule is CCC(NC(=O)NCC(=O)N1CCCC1)c1cccs1. The number of nitrogens with one attached hydrogen (secondary N) is 2. The number of carbonyl (C=O) groups excluding carboxylic acids is 2. The molecule has 1 aromatic heterocycles. The third-order valence-corrected chi connectivity index (χ3v) is 4.45. The van der Waals surface area contributed by atoms with Crippen molar-refractivity contribution in [3.8, 4) is 0 Å². The molecule has 1 unspecified atom stereocenters. The molecule has 1 saturated heterocycles. The van der Waals surface area contributed by atoms with Gasteiger partial charge in [0.2, 0.25) is 5.91 Å². The molecule has 0 spiro atoms. The molecular weight excluding hydrogens is 274 g/mol. The number of amides is 3. The Morgan fingerprint density at radius 1 is 1.40 bits per heavy atom. The van der Waals surface area contributed by atoms with Crippen molar-refractivity contribution in [2.45, 2.75) is 32.2 Å². The van der Waals surface area contributed by atoms with Gasteiger partial charge in [0.1, 0.15) is 0 Å². The van der Waals surface area contributed by atoms with Crippen LogP contribution in [0.5, 0.6) is 0 Å².